The van der Waals surface area contributed by atoms with Gasteiger partial charge < -0.3 is 10.4 Å². The molecule has 1 aromatic carbocycles. The number of unbranched alkanes of at least 4 members (excludes halogenated alkanes) is 1. The van der Waals surface area contributed by atoms with Crippen molar-refractivity contribution in [3.63, 3.8) is 0 Å². The molecule has 0 aliphatic rings. The monoisotopic (exact) mass is 286 g/mol. The summed E-state index contributed by atoms with van der Waals surface area (Å²) in [6.07, 6.45) is 3.30. The zero-order chi connectivity index (χ0) is 15.2. The molecule has 0 atom stereocenters. The SMILES string of the molecule is CCCCc1ccc(NC(=O)c2cc(O)[nH]c(=O)c2)cc1. The Bertz CT molecular complexity index is 675. The Labute approximate surface area is 122 Å². The van der Waals surface area contributed by atoms with Crippen LogP contribution in [0.3, 0.4) is 0 Å². The summed E-state index contributed by atoms with van der Waals surface area (Å²) in [5.41, 5.74) is 1.48. The number of pyridine rings is 1. The fourth-order valence-electron chi connectivity index (χ4n) is 2.00. The molecule has 110 valence electrons. The molecule has 1 aromatic heterocycles. The number of amides is 1. The van der Waals surface area contributed by atoms with Crippen molar-refractivity contribution in [3.05, 3.63) is 57.9 Å². The highest BCUT2D eigenvalue weighted by molar-refractivity contribution is 6.04. The Morgan fingerprint density at radius 2 is 1.95 bits per heavy atom. The molecule has 0 fully saturated rings. The summed E-state index contributed by atoms with van der Waals surface area (Å²) in [6.45, 7) is 2.14. The fourth-order valence-corrected chi connectivity index (χ4v) is 2.00. The molecule has 0 aliphatic carbocycles. The van der Waals surface area contributed by atoms with Gasteiger partial charge in [0.2, 0.25) is 0 Å². The third kappa shape index (κ3) is 4.21. The first-order valence-corrected chi connectivity index (χ1v) is 6.92. The maximum absolute atomic E-state index is 12.0. The summed E-state index contributed by atoms with van der Waals surface area (Å²) in [4.78, 5) is 25.4. The van der Waals surface area contributed by atoms with Gasteiger partial charge in [0.1, 0.15) is 0 Å². The Balaban J connectivity index is 2.07. The molecule has 21 heavy (non-hydrogen) atoms. The average molecular weight is 286 g/mol. The molecule has 0 aliphatic heterocycles. The summed E-state index contributed by atoms with van der Waals surface area (Å²) >= 11 is 0. The third-order valence-corrected chi connectivity index (χ3v) is 3.12. The van der Waals surface area contributed by atoms with Crippen molar-refractivity contribution in [2.75, 3.05) is 5.32 Å². The molecule has 0 radical (unpaired) electrons. The number of anilines is 1. The van der Waals surface area contributed by atoms with Gasteiger partial charge in [-0.3, -0.25) is 14.6 Å². The maximum atomic E-state index is 12.0. The van der Waals surface area contributed by atoms with Gasteiger partial charge in [0.05, 0.1) is 5.56 Å². The predicted molar refractivity (Wildman–Crippen MR) is 81.7 cm³/mol. The van der Waals surface area contributed by atoms with Crippen LogP contribution in [0.2, 0.25) is 0 Å². The maximum Gasteiger partial charge on any atom is 0.256 e. The van der Waals surface area contributed by atoms with Gasteiger partial charge in [0.25, 0.3) is 11.5 Å². The van der Waals surface area contributed by atoms with Gasteiger partial charge in [0, 0.05) is 17.8 Å². The minimum Gasteiger partial charge on any atom is -0.494 e. The van der Waals surface area contributed by atoms with Crippen molar-refractivity contribution >= 4 is 11.6 Å². The van der Waals surface area contributed by atoms with Crippen molar-refractivity contribution in [1.29, 1.82) is 0 Å². The topological polar surface area (TPSA) is 82.2 Å². The van der Waals surface area contributed by atoms with Gasteiger partial charge in [-0.2, -0.15) is 0 Å². The number of aromatic amines is 1. The van der Waals surface area contributed by atoms with Crippen LogP contribution in [0.25, 0.3) is 0 Å². The third-order valence-electron chi connectivity index (χ3n) is 3.12. The van der Waals surface area contributed by atoms with E-state index in [1.165, 1.54) is 11.6 Å². The lowest BCUT2D eigenvalue weighted by Gasteiger charge is -2.06. The Morgan fingerprint density at radius 1 is 1.24 bits per heavy atom. The molecule has 5 heteroatoms. The quantitative estimate of drug-likeness (QED) is 0.790. The molecule has 0 spiro atoms. The Kier molecular flexibility index (Phi) is 4.77. The van der Waals surface area contributed by atoms with E-state index in [9.17, 15) is 14.7 Å². The van der Waals surface area contributed by atoms with Crippen molar-refractivity contribution in [1.82, 2.24) is 4.98 Å². The van der Waals surface area contributed by atoms with E-state index in [1.54, 1.807) is 0 Å². The van der Waals surface area contributed by atoms with Crippen molar-refractivity contribution in [2.24, 2.45) is 0 Å². The lowest BCUT2D eigenvalue weighted by molar-refractivity contribution is 0.102. The number of benzene rings is 1. The number of H-pyrrole nitrogens is 1. The highest BCUT2D eigenvalue weighted by Crippen LogP contribution is 2.13. The minimum atomic E-state index is -0.518. The van der Waals surface area contributed by atoms with Crippen LogP contribution in [-0.4, -0.2) is 16.0 Å². The average Bonchev–Trinajstić information content (AvgIpc) is 2.45. The molecule has 1 amide bonds. The number of rotatable bonds is 5. The smallest absolute Gasteiger partial charge is 0.256 e. The highest BCUT2D eigenvalue weighted by Gasteiger charge is 2.08. The summed E-state index contributed by atoms with van der Waals surface area (Å²) in [6, 6.07) is 9.96. The first kappa shape index (κ1) is 14.8. The number of hydrogen-bond donors (Lipinski definition) is 3. The van der Waals surface area contributed by atoms with Gasteiger partial charge in [-0.1, -0.05) is 25.5 Å². The molecule has 0 unspecified atom stereocenters. The highest BCUT2D eigenvalue weighted by atomic mass is 16.3. The van der Waals surface area contributed by atoms with Crippen LogP contribution in [0.4, 0.5) is 5.69 Å². The number of aryl methyl sites for hydroxylation is 1. The minimum absolute atomic E-state index is 0.117. The zero-order valence-corrected chi connectivity index (χ0v) is 11.8. The summed E-state index contributed by atoms with van der Waals surface area (Å²) in [7, 11) is 0. The molecule has 2 rings (SSSR count). The van der Waals surface area contributed by atoms with Crippen molar-refractivity contribution in [2.45, 2.75) is 26.2 Å². The largest absolute Gasteiger partial charge is 0.494 e. The van der Waals surface area contributed by atoms with Gasteiger partial charge in [0.15, 0.2) is 5.88 Å². The van der Waals surface area contributed by atoms with Crippen LogP contribution in [0.5, 0.6) is 5.88 Å². The molecule has 5 nitrogen and oxygen atoms in total. The van der Waals surface area contributed by atoms with Gasteiger partial charge in [-0.15, -0.1) is 0 Å². The van der Waals surface area contributed by atoms with Crippen molar-refractivity contribution < 1.29 is 9.90 Å². The predicted octanol–water partition coefficient (Wildman–Crippen LogP) is 2.68. The van der Waals surface area contributed by atoms with Crippen LogP contribution in [0.1, 0.15) is 35.7 Å². The van der Waals surface area contributed by atoms with Crippen molar-refractivity contribution in [3.8, 4) is 5.88 Å². The molecular formula is C16H18N2O3. The van der Waals surface area contributed by atoms with Gasteiger partial charge in [-0.05, 0) is 30.5 Å². The number of nitrogens with one attached hydrogen (secondary N) is 2. The van der Waals surface area contributed by atoms with Gasteiger partial charge >= 0.3 is 0 Å². The van der Waals surface area contributed by atoms with Gasteiger partial charge in [-0.25, -0.2) is 0 Å². The first-order valence-electron chi connectivity index (χ1n) is 6.92. The van der Waals surface area contributed by atoms with E-state index >= 15 is 0 Å². The molecule has 3 N–H and O–H groups in total. The second kappa shape index (κ2) is 6.74. The van der Waals surface area contributed by atoms with E-state index in [-0.39, 0.29) is 11.4 Å². The normalized spacial score (nSPS) is 10.3. The standard InChI is InChI=1S/C16H18N2O3/c1-2-3-4-11-5-7-13(8-6-11)17-16(21)12-9-14(19)18-15(20)10-12/h5-10H,2-4H2,1H3,(H,17,21)(H2,18,19,20). The fraction of sp³-hybridized carbons (Fsp3) is 0.250. The number of hydrogen-bond acceptors (Lipinski definition) is 3. The number of carbonyl (C=O) groups is 1. The number of aromatic nitrogens is 1. The summed E-state index contributed by atoms with van der Waals surface area (Å²) in [5.74, 6) is -0.764. The van der Waals surface area contributed by atoms with Crippen LogP contribution >= 0.6 is 0 Å². The van der Waals surface area contributed by atoms with E-state index < -0.39 is 11.5 Å². The van der Waals surface area contributed by atoms with E-state index in [0.29, 0.717) is 5.69 Å². The molecular weight excluding hydrogens is 268 g/mol. The van der Waals surface area contributed by atoms with E-state index in [1.807, 2.05) is 24.3 Å². The second-order valence-electron chi connectivity index (χ2n) is 4.87. The molecule has 0 bridgehead atoms. The Morgan fingerprint density at radius 3 is 2.57 bits per heavy atom. The summed E-state index contributed by atoms with van der Waals surface area (Å²) < 4.78 is 0. The lowest BCUT2D eigenvalue weighted by Crippen LogP contribution is -2.15. The summed E-state index contributed by atoms with van der Waals surface area (Å²) in [5, 5.41) is 12.0. The molecule has 1 heterocycles. The molecule has 2 aromatic rings. The molecule has 0 saturated heterocycles. The number of carbonyl (C=O) groups excluding carboxylic acids is 1. The Hall–Kier alpha value is -2.56. The van der Waals surface area contributed by atoms with E-state index in [2.05, 4.69) is 17.2 Å². The number of aromatic hydroxyl groups is 1. The van der Waals surface area contributed by atoms with E-state index in [4.69, 9.17) is 0 Å². The lowest BCUT2D eigenvalue weighted by atomic mass is 10.1. The zero-order valence-electron chi connectivity index (χ0n) is 11.8. The van der Waals surface area contributed by atoms with Crippen LogP contribution < -0.4 is 10.9 Å². The van der Waals surface area contributed by atoms with Crippen LogP contribution in [-0.2, 0) is 6.42 Å². The second-order valence-corrected chi connectivity index (χ2v) is 4.87. The first-order chi connectivity index (χ1) is 10.1. The molecule has 0 saturated carbocycles. The van der Waals surface area contributed by atoms with E-state index in [0.717, 1.165) is 25.3 Å². The van der Waals surface area contributed by atoms with Crippen LogP contribution in [0.15, 0.2) is 41.2 Å². The van der Waals surface area contributed by atoms with Crippen LogP contribution in [0, 0.1) is 0 Å².